The molecule has 0 radical (unpaired) electrons. The molecule has 0 saturated heterocycles. The van der Waals surface area contributed by atoms with Gasteiger partial charge in [0.2, 0.25) is 0 Å². The lowest BCUT2D eigenvalue weighted by Crippen LogP contribution is -2.29. The van der Waals surface area contributed by atoms with Gasteiger partial charge in [-0.2, -0.15) is 0 Å². The smallest absolute Gasteiger partial charge is 0.319 e. The van der Waals surface area contributed by atoms with Gasteiger partial charge >= 0.3 is 6.03 Å². The minimum Gasteiger partial charge on any atom is -0.494 e. The molecule has 5 nitrogen and oxygen atoms in total. The molecule has 0 unspecified atom stereocenters. The first kappa shape index (κ1) is 13.2. The first-order valence-electron chi connectivity index (χ1n) is 5.49. The summed E-state index contributed by atoms with van der Waals surface area (Å²) in [4.78, 5) is 13.5. The number of benzene rings is 1. The van der Waals surface area contributed by atoms with Crippen molar-refractivity contribution in [3.05, 3.63) is 18.2 Å². The van der Waals surface area contributed by atoms with E-state index in [1.54, 1.807) is 7.11 Å². The molecule has 0 aliphatic carbocycles. The van der Waals surface area contributed by atoms with E-state index in [1.165, 1.54) is 0 Å². The minimum absolute atomic E-state index is 0.236. The van der Waals surface area contributed by atoms with Crippen LogP contribution in [-0.4, -0.2) is 33.8 Å². The van der Waals surface area contributed by atoms with Gasteiger partial charge in [0, 0.05) is 20.6 Å². The Kier molecular flexibility index (Phi) is 4.63. The van der Waals surface area contributed by atoms with E-state index >= 15 is 0 Å². The Bertz CT molecular complexity index is 391. The molecule has 0 fully saturated rings. The van der Waals surface area contributed by atoms with Gasteiger partial charge in [-0.05, 0) is 19.1 Å². The van der Waals surface area contributed by atoms with Crippen LogP contribution in [0.15, 0.2) is 18.2 Å². The van der Waals surface area contributed by atoms with Crippen LogP contribution in [0.1, 0.15) is 6.92 Å². The molecular weight excluding hydrogens is 218 g/mol. The van der Waals surface area contributed by atoms with Crippen LogP contribution in [0.2, 0.25) is 0 Å². The topological polar surface area (TPSA) is 53.6 Å². The zero-order valence-electron chi connectivity index (χ0n) is 10.7. The van der Waals surface area contributed by atoms with Gasteiger partial charge in [0.25, 0.3) is 0 Å². The van der Waals surface area contributed by atoms with Gasteiger partial charge in [0.15, 0.2) is 0 Å². The normalized spacial score (nSPS) is 9.65. The summed E-state index contributed by atoms with van der Waals surface area (Å²) in [5, 5.41) is 5.48. The van der Waals surface area contributed by atoms with Crippen molar-refractivity contribution in [2.24, 2.45) is 0 Å². The number of anilines is 2. The highest BCUT2D eigenvalue weighted by molar-refractivity contribution is 5.95. The van der Waals surface area contributed by atoms with E-state index < -0.39 is 0 Å². The predicted molar refractivity (Wildman–Crippen MR) is 70.0 cm³/mol. The number of hydrogen-bond acceptors (Lipinski definition) is 3. The molecule has 94 valence electrons. The Morgan fingerprint density at radius 3 is 2.65 bits per heavy atom. The van der Waals surface area contributed by atoms with Gasteiger partial charge in [-0.3, -0.25) is 0 Å². The van der Waals surface area contributed by atoms with E-state index in [-0.39, 0.29) is 6.03 Å². The molecule has 0 saturated carbocycles. The highest BCUT2D eigenvalue weighted by Crippen LogP contribution is 2.33. The molecule has 2 amide bonds. The van der Waals surface area contributed by atoms with Gasteiger partial charge in [-0.1, -0.05) is 6.07 Å². The van der Waals surface area contributed by atoms with Crippen LogP contribution in [-0.2, 0) is 0 Å². The summed E-state index contributed by atoms with van der Waals surface area (Å²) in [5.41, 5.74) is 1.57. The molecule has 1 aromatic rings. The van der Waals surface area contributed by atoms with Gasteiger partial charge in [0.1, 0.15) is 11.4 Å². The van der Waals surface area contributed by atoms with E-state index in [0.29, 0.717) is 18.0 Å². The van der Waals surface area contributed by atoms with Crippen molar-refractivity contribution in [1.82, 2.24) is 5.32 Å². The third-order valence-electron chi connectivity index (χ3n) is 2.28. The number of ether oxygens (including phenoxy) is 1. The van der Waals surface area contributed by atoms with Crippen LogP contribution < -0.4 is 20.3 Å². The van der Waals surface area contributed by atoms with Gasteiger partial charge in [0.05, 0.1) is 12.8 Å². The predicted octanol–water partition coefficient (Wildman–Crippen LogP) is 1.90. The molecule has 0 atom stereocenters. The van der Waals surface area contributed by atoms with Crippen molar-refractivity contribution >= 4 is 17.4 Å². The van der Waals surface area contributed by atoms with E-state index in [9.17, 15) is 4.79 Å². The summed E-state index contributed by atoms with van der Waals surface area (Å²) in [6.07, 6.45) is 0. The quantitative estimate of drug-likeness (QED) is 0.841. The number of nitrogens with zero attached hydrogens (tertiary/aromatic N) is 1. The van der Waals surface area contributed by atoms with Crippen molar-refractivity contribution in [1.29, 1.82) is 0 Å². The van der Waals surface area contributed by atoms with Gasteiger partial charge in [-0.25, -0.2) is 4.79 Å². The summed E-state index contributed by atoms with van der Waals surface area (Å²) in [7, 11) is 5.41. The fourth-order valence-electron chi connectivity index (χ4n) is 1.51. The summed E-state index contributed by atoms with van der Waals surface area (Å²) in [6, 6.07) is 5.38. The number of hydrogen-bond donors (Lipinski definition) is 2. The molecule has 0 heterocycles. The minimum atomic E-state index is -0.236. The molecule has 0 aliphatic rings. The fraction of sp³-hybridized carbons (Fsp3) is 0.417. The SMILES string of the molecule is CCNC(=O)Nc1c(OC)cccc1N(C)C. The zero-order chi connectivity index (χ0) is 12.8. The standard InChI is InChI=1S/C12H19N3O2/c1-5-13-12(16)14-11-9(15(2)3)7-6-8-10(11)17-4/h6-8H,5H2,1-4H3,(H2,13,14,16). The third-order valence-corrected chi connectivity index (χ3v) is 2.28. The fourth-order valence-corrected chi connectivity index (χ4v) is 1.51. The van der Waals surface area contributed by atoms with Crippen molar-refractivity contribution in [2.45, 2.75) is 6.92 Å². The highest BCUT2D eigenvalue weighted by atomic mass is 16.5. The number of nitrogens with one attached hydrogen (secondary N) is 2. The number of rotatable bonds is 4. The van der Waals surface area contributed by atoms with Crippen molar-refractivity contribution in [2.75, 3.05) is 38.0 Å². The number of para-hydroxylation sites is 1. The average Bonchev–Trinajstić information content (AvgIpc) is 2.29. The van der Waals surface area contributed by atoms with Crippen LogP contribution >= 0.6 is 0 Å². The van der Waals surface area contributed by atoms with Crippen LogP contribution in [0, 0.1) is 0 Å². The second kappa shape index (κ2) is 5.98. The highest BCUT2D eigenvalue weighted by Gasteiger charge is 2.12. The summed E-state index contributed by atoms with van der Waals surface area (Å²) in [6.45, 7) is 2.45. The monoisotopic (exact) mass is 237 g/mol. The lowest BCUT2D eigenvalue weighted by Gasteiger charge is -2.20. The van der Waals surface area contributed by atoms with Gasteiger partial charge < -0.3 is 20.3 Å². The van der Waals surface area contributed by atoms with Crippen LogP contribution in [0.5, 0.6) is 5.75 Å². The van der Waals surface area contributed by atoms with E-state index in [0.717, 1.165) is 5.69 Å². The lowest BCUT2D eigenvalue weighted by atomic mass is 10.2. The molecular formula is C12H19N3O2. The zero-order valence-corrected chi connectivity index (χ0v) is 10.7. The van der Waals surface area contributed by atoms with Crippen molar-refractivity contribution in [3.63, 3.8) is 0 Å². The second-order valence-electron chi connectivity index (χ2n) is 3.73. The molecule has 0 spiro atoms. The van der Waals surface area contributed by atoms with Crippen LogP contribution in [0.25, 0.3) is 0 Å². The Hall–Kier alpha value is -1.91. The second-order valence-corrected chi connectivity index (χ2v) is 3.73. The molecule has 0 bridgehead atoms. The van der Waals surface area contributed by atoms with Crippen molar-refractivity contribution in [3.8, 4) is 5.75 Å². The Labute approximate surface area is 102 Å². The first-order chi connectivity index (χ1) is 8.10. The molecule has 1 aromatic carbocycles. The average molecular weight is 237 g/mol. The van der Waals surface area contributed by atoms with E-state index in [4.69, 9.17) is 4.74 Å². The van der Waals surface area contributed by atoms with Crippen molar-refractivity contribution < 1.29 is 9.53 Å². The largest absolute Gasteiger partial charge is 0.494 e. The number of urea groups is 1. The number of carbonyl (C=O) groups excluding carboxylic acids is 1. The Morgan fingerprint density at radius 2 is 2.12 bits per heavy atom. The Morgan fingerprint density at radius 1 is 1.41 bits per heavy atom. The van der Waals surface area contributed by atoms with Gasteiger partial charge in [-0.15, -0.1) is 0 Å². The lowest BCUT2D eigenvalue weighted by molar-refractivity contribution is 0.252. The van der Waals surface area contributed by atoms with Crippen LogP contribution in [0.3, 0.4) is 0 Å². The molecule has 0 aliphatic heterocycles. The maximum atomic E-state index is 11.6. The molecule has 1 rings (SSSR count). The maximum absolute atomic E-state index is 11.6. The maximum Gasteiger partial charge on any atom is 0.319 e. The number of carbonyl (C=O) groups is 1. The third kappa shape index (κ3) is 3.27. The summed E-state index contributed by atoms with van der Waals surface area (Å²) in [5.74, 6) is 0.641. The molecule has 2 N–H and O–H groups in total. The Balaban J connectivity index is 3.04. The molecule has 5 heteroatoms. The molecule has 17 heavy (non-hydrogen) atoms. The number of methoxy groups -OCH3 is 1. The van der Waals surface area contributed by atoms with E-state index in [2.05, 4.69) is 10.6 Å². The van der Waals surface area contributed by atoms with Crippen LogP contribution in [0.4, 0.5) is 16.2 Å². The molecule has 0 aromatic heterocycles. The number of amides is 2. The summed E-state index contributed by atoms with van der Waals surface area (Å²) >= 11 is 0. The first-order valence-corrected chi connectivity index (χ1v) is 5.49. The van der Waals surface area contributed by atoms with E-state index in [1.807, 2.05) is 44.1 Å². The summed E-state index contributed by atoms with van der Waals surface area (Å²) < 4.78 is 5.25.